The largest absolute Gasteiger partial charge is 0.485 e. The first kappa shape index (κ1) is 12.3. The predicted molar refractivity (Wildman–Crippen MR) is 66.2 cm³/mol. The van der Waals surface area contributed by atoms with Crippen LogP contribution in [0.5, 0.6) is 0 Å². The van der Waals surface area contributed by atoms with Gasteiger partial charge in [-0.2, -0.15) is 13.2 Å². The van der Waals surface area contributed by atoms with Crippen molar-refractivity contribution in [1.82, 2.24) is 0 Å². The molecular weight excluding hydrogens is 253 g/mol. The number of fused-ring (bicyclic) bond motifs is 1. The monoisotopic (exact) mass is 266 g/mol. The number of allylic oxidation sites excluding steroid dienone is 1. The summed E-state index contributed by atoms with van der Waals surface area (Å²) < 4.78 is 43.8. The van der Waals surface area contributed by atoms with Gasteiger partial charge >= 0.3 is 6.18 Å². The van der Waals surface area contributed by atoms with Crippen molar-refractivity contribution in [1.29, 1.82) is 0 Å². The molecule has 0 amide bonds. The normalized spacial score (nSPS) is 25.7. The summed E-state index contributed by atoms with van der Waals surface area (Å²) in [6, 6.07) is 5.29. The second-order valence-electron chi connectivity index (χ2n) is 4.86. The van der Waals surface area contributed by atoms with Crippen molar-refractivity contribution < 1.29 is 17.9 Å². The fourth-order valence-corrected chi connectivity index (χ4v) is 2.52. The van der Waals surface area contributed by atoms with Crippen LogP contribution < -0.4 is 0 Å². The third kappa shape index (κ3) is 2.39. The van der Waals surface area contributed by atoms with Gasteiger partial charge in [0.2, 0.25) is 0 Å². The molecule has 100 valence electrons. The van der Waals surface area contributed by atoms with Crippen LogP contribution >= 0.6 is 0 Å². The van der Waals surface area contributed by atoms with Crippen molar-refractivity contribution in [2.75, 3.05) is 0 Å². The van der Waals surface area contributed by atoms with Crippen LogP contribution in [0, 0.1) is 5.92 Å². The third-order valence-corrected chi connectivity index (χ3v) is 3.52. The average molecular weight is 266 g/mol. The molecule has 1 aromatic carbocycles. The quantitative estimate of drug-likeness (QED) is 0.684. The molecule has 4 heteroatoms. The highest BCUT2D eigenvalue weighted by molar-refractivity contribution is 5.63. The highest BCUT2D eigenvalue weighted by Crippen LogP contribution is 2.37. The van der Waals surface area contributed by atoms with E-state index in [4.69, 9.17) is 4.74 Å². The topological polar surface area (TPSA) is 9.23 Å². The molecule has 0 saturated carbocycles. The number of alkyl halides is 3. The van der Waals surface area contributed by atoms with Gasteiger partial charge in [-0.1, -0.05) is 18.2 Å². The maximum absolute atomic E-state index is 12.7. The summed E-state index contributed by atoms with van der Waals surface area (Å²) in [7, 11) is 0. The first-order valence-electron chi connectivity index (χ1n) is 6.27. The van der Waals surface area contributed by atoms with Gasteiger partial charge in [0.25, 0.3) is 0 Å². The van der Waals surface area contributed by atoms with Gasteiger partial charge in [-0.05, 0) is 37.1 Å². The van der Waals surface area contributed by atoms with E-state index in [1.807, 2.05) is 12.2 Å². The Hall–Kier alpha value is -1.71. The van der Waals surface area contributed by atoms with E-state index in [2.05, 4.69) is 6.08 Å². The van der Waals surface area contributed by atoms with E-state index >= 15 is 0 Å². The Bertz CT molecular complexity index is 543. The molecule has 0 saturated heterocycles. The molecule has 0 aromatic heterocycles. The number of hydrogen-bond donors (Lipinski definition) is 0. The molecular formula is C15H13F3O. The van der Waals surface area contributed by atoms with Gasteiger partial charge in [-0.15, -0.1) is 0 Å². The molecule has 2 aliphatic rings. The first-order chi connectivity index (χ1) is 9.04. The molecule has 1 heterocycles. The molecule has 1 aliphatic carbocycles. The fourth-order valence-electron chi connectivity index (χ4n) is 2.52. The standard InChI is InChI=1S/C15H13F3O/c16-15(17,18)12-6-3-5-10(8-12)14-9-11-4-1-2-7-13(11)19-14/h2-3,5-9,11,13H,1,4H2/t11-,13-/m0/s1. The third-order valence-electron chi connectivity index (χ3n) is 3.52. The summed E-state index contributed by atoms with van der Waals surface area (Å²) in [5, 5.41) is 0. The molecule has 0 spiro atoms. The van der Waals surface area contributed by atoms with Crippen LogP contribution in [0.2, 0.25) is 0 Å². The molecule has 0 bridgehead atoms. The minimum atomic E-state index is -4.32. The van der Waals surface area contributed by atoms with E-state index in [1.54, 1.807) is 6.07 Å². The van der Waals surface area contributed by atoms with Crippen molar-refractivity contribution in [3.8, 4) is 0 Å². The zero-order valence-electron chi connectivity index (χ0n) is 10.2. The van der Waals surface area contributed by atoms with E-state index in [-0.39, 0.29) is 12.0 Å². The molecule has 1 aromatic rings. The summed E-state index contributed by atoms with van der Waals surface area (Å²) in [4.78, 5) is 0. The Balaban J connectivity index is 1.90. The van der Waals surface area contributed by atoms with Crippen LogP contribution in [0.3, 0.4) is 0 Å². The summed E-state index contributed by atoms with van der Waals surface area (Å²) in [6.45, 7) is 0. The van der Waals surface area contributed by atoms with Crippen molar-refractivity contribution >= 4 is 5.76 Å². The zero-order chi connectivity index (χ0) is 13.5. The van der Waals surface area contributed by atoms with Gasteiger partial charge < -0.3 is 4.74 Å². The zero-order valence-corrected chi connectivity index (χ0v) is 10.2. The molecule has 1 aliphatic heterocycles. The van der Waals surface area contributed by atoms with Crippen LogP contribution in [0.1, 0.15) is 24.0 Å². The van der Waals surface area contributed by atoms with Crippen molar-refractivity contribution in [2.24, 2.45) is 5.92 Å². The van der Waals surface area contributed by atoms with Crippen LogP contribution in [-0.2, 0) is 10.9 Å². The smallest absolute Gasteiger partial charge is 0.416 e. The first-order valence-corrected chi connectivity index (χ1v) is 6.27. The highest BCUT2D eigenvalue weighted by Gasteiger charge is 2.33. The van der Waals surface area contributed by atoms with E-state index < -0.39 is 11.7 Å². The van der Waals surface area contributed by atoms with Crippen molar-refractivity contribution in [2.45, 2.75) is 25.1 Å². The summed E-state index contributed by atoms with van der Waals surface area (Å²) in [5.74, 6) is 0.849. The van der Waals surface area contributed by atoms with E-state index in [0.29, 0.717) is 11.3 Å². The van der Waals surface area contributed by atoms with Crippen LogP contribution in [-0.4, -0.2) is 6.10 Å². The molecule has 19 heavy (non-hydrogen) atoms. The lowest BCUT2D eigenvalue weighted by atomic mass is 9.92. The molecule has 0 radical (unpaired) electrons. The Morgan fingerprint density at radius 3 is 2.79 bits per heavy atom. The van der Waals surface area contributed by atoms with E-state index in [9.17, 15) is 13.2 Å². The number of ether oxygens (including phenoxy) is 1. The lowest BCUT2D eigenvalue weighted by Crippen LogP contribution is -2.16. The van der Waals surface area contributed by atoms with E-state index in [0.717, 1.165) is 25.0 Å². The van der Waals surface area contributed by atoms with Gasteiger partial charge in [-0.3, -0.25) is 0 Å². The number of benzene rings is 1. The van der Waals surface area contributed by atoms with Gasteiger partial charge in [0.05, 0.1) is 5.56 Å². The van der Waals surface area contributed by atoms with Crippen molar-refractivity contribution in [3.05, 3.63) is 53.6 Å². The second-order valence-corrected chi connectivity index (χ2v) is 4.86. The number of hydrogen-bond acceptors (Lipinski definition) is 1. The summed E-state index contributed by atoms with van der Waals surface area (Å²) in [6.07, 6.45) is 3.65. The maximum atomic E-state index is 12.7. The molecule has 0 N–H and O–H groups in total. The molecule has 2 atom stereocenters. The van der Waals surface area contributed by atoms with Crippen LogP contribution in [0.4, 0.5) is 13.2 Å². The molecule has 3 rings (SSSR count). The Labute approximate surface area is 109 Å². The van der Waals surface area contributed by atoms with Gasteiger partial charge in [0, 0.05) is 11.5 Å². The van der Waals surface area contributed by atoms with Gasteiger partial charge in [-0.25, -0.2) is 0 Å². The van der Waals surface area contributed by atoms with E-state index in [1.165, 1.54) is 6.07 Å². The lowest BCUT2D eigenvalue weighted by Gasteiger charge is -2.18. The lowest BCUT2D eigenvalue weighted by molar-refractivity contribution is -0.137. The minimum absolute atomic E-state index is 0.0155. The molecule has 0 fully saturated rings. The van der Waals surface area contributed by atoms with Crippen molar-refractivity contribution in [3.63, 3.8) is 0 Å². The number of rotatable bonds is 1. The van der Waals surface area contributed by atoms with Crippen LogP contribution in [0.25, 0.3) is 5.76 Å². The van der Waals surface area contributed by atoms with Gasteiger partial charge in [0.15, 0.2) is 0 Å². The highest BCUT2D eigenvalue weighted by atomic mass is 19.4. The SMILES string of the molecule is FC(F)(F)c1cccc(C2=C[C@@H]3CCC=C[C@@H]3O2)c1. The summed E-state index contributed by atoms with van der Waals surface area (Å²) >= 11 is 0. The predicted octanol–water partition coefficient (Wildman–Crippen LogP) is 4.41. The second kappa shape index (κ2) is 4.44. The van der Waals surface area contributed by atoms with Crippen LogP contribution in [0.15, 0.2) is 42.5 Å². The minimum Gasteiger partial charge on any atom is -0.485 e. The Morgan fingerprint density at radius 1 is 1.21 bits per heavy atom. The number of halogens is 3. The molecule has 0 unspecified atom stereocenters. The van der Waals surface area contributed by atoms with Gasteiger partial charge in [0.1, 0.15) is 11.9 Å². The Kier molecular flexibility index (Phi) is 2.88. The summed E-state index contributed by atoms with van der Waals surface area (Å²) in [5.41, 5.74) is -0.141. The molecule has 1 nitrogen and oxygen atoms in total. The fraction of sp³-hybridized carbons (Fsp3) is 0.333. The Morgan fingerprint density at radius 2 is 2.05 bits per heavy atom. The maximum Gasteiger partial charge on any atom is 0.416 e. The average Bonchev–Trinajstić information content (AvgIpc) is 2.81.